The van der Waals surface area contributed by atoms with Crippen LogP contribution in [0.1, 0.15) is 23.7 Å². The maximum atomic E-state index is 13.3. The number of carbonyl (C=O) groups is 1. The van der Waals surface area contributed by atoms with Crippen LogP contribution in [0.25, 0.3) is 0 Å². The summed E-state index contributed by atoms with van der Waals surface area (Å²) in [6.45, 7) is -0.173. The fraction of sp³-hybridized carbons (Fsp3) is 0.250. The van der Waals surface area contributed by atoms with Gasteiger partial charge in [-0.05, 0) is 17.7 Å². The van der Waals surface area contributed by atoms with Crippen molar-refractivity contribution in [1.29, 1.82) is 0 Å². The van der Waals surface area contributed by atoms with Gasteiger partial charge in [0.25, 0.3) is 0 Å². The van der Waals surface area contributed by atoms with Crippen molar-refractivity contribution in [2.75, 3.05) is 6.54 Å². The molecule has 0 aliphatic carbocycles. The van der Waals surface area contributed by atoms with Crippen LogP contribution in [-0.2, 0) is 15.0 Å². The predicted octanol–water partition coefficient (Wildman–Crippen LogP) is 2.07. The fourth-order valence-electron chi connectivity index (χ4n) is 2.82. The lowest BCUT2D eigenvalue weighted by atomic mass is 10.0. The van der Waals surface area contributed by atoms with E-state index in [2.05, 4.69) is 4.98 Å². The number of benzene rings is 1. The number of aromatic nitrogens is 1. The first-order chi connectivity index (χ1) is 11.0. The van der Waals surface area contributed by atoms with E-state index in [1.165, 1.54) is 4.90 Å². The zero-order valence-electron chi connectivity index (χ0n) is 12.2. The molecule has 2 atom stereocenters. The summed E-state index contributed by atoms with van der Waals surface area (Å²) < 4.78 is 35.6. The Labute approximate surface area is 134 Å². The summed E-state index contributed by atoms with van der Waals surface area (Å²) in [7, 11) is -4.75. The van der Waals surface area contributed by atoms with E-state index in [4.69, 9.17) is 0 Å². The zero-order valence-corrected chi connectivity index (χ0v) is 13.0. The van der Waals surface area contributed by atoms with E-state index in [-0.39, 0.29) is 13.0 Å². The molecule has 1 fully saturated rings. The summed E-state index contributed by atoms with van der Waals surface area (Å²) in [6, 6.07) is 14.0. The Morgan fingerprint density at radius 3 is 2.39 bits per heavy atom. The molecule has 0 bridgehead atoms. The van der Waals surface area contributed by atoms with Gasteiger partial charge >= 0.3 is 10.2 Å². The number of likely N-dealkylation sites (tertiary alicyclic amines) is 1. The number of nitrogens with zero attached hydrogens (tertiary/aromatic N) is 2. The molecule has 3 rings (SSSR count). The van der Waals surface area contributed by atoms with Crippen molar-refractivity contribution < 1.29 is 17.1 Å². The standard InChI is InChI=1S/C16H15FN2O3S/c17-23(21,22)13-10-15(20)19(11-13)16(12-6-2-1-3-7-12)14-8-4-5-9-18-14/h1-9,13,16H,10-11H2. The lowest BCUT2D eigenvalue weighted by Crippen LogP contribution is -2.32. The van der Waals surface area contributed by atoms with Gasteiger partial charge in [0.05, 0.1) is 11.7 Å². The average Bonchev–Trinajstić information content (AvgIpc) is 2.92. The molecule has 1 aliphatic heterocycles. The lowest BCUT2D eigenvalue weighted by molar-refractivity contribution is -0.129. The van der Waals surface area contributed by atoms with Crippen LogP contribution in [0.3, 0.4) is 0 Å². The van der Waals surface area contributed by atoms with Crippen molar-refractivity contribution in [3.05, 3.63) is 66.0 Å². The molecule has 1 amide bonds. The minimum atomic E-state index is -4.75. The lowest BCUT2D eigenvalue weighted by Gasteiger charge is -2.28. The topological polar surface area (TPSA) is 67.3 Å². The van der Waals surface area contributed by atoms with E-state index in [1.54, 1.807) is 24.4 Å². The van der Waals surface area contributed by atoms with Crippen LogP contribution in [0.4, 0.5) is 3.89 Å². The Morgan fingerprint density at radius 1 is 1.13 bits per heavy atom. The van der Waals surface area contributed by atoms with Gasteiger partial charge in [0, 0.05) is 19.2 Å². The number of rotatable bonds is 4. The van der Waals surface area contributed by atoms with Gasteiger partial charge in [-0.25, -0.2) is 0 Å². The molecule has 120 valence electrons. The van der Waals surface area contributed by atoms with Gasteiger partial charge in [-0.1, -0.05) is 36.4 Å². The van der Waals surface area contributed by atoms with Gasteiger partial charge in [0.15, 0.2) is 0 Å². The van der Waals surface area contributed by atoms with Crippen LogP contribution in [-0.4, -0.2) is 36.0 Å². The van der Waals surface area contributed by atoms with Gasteiger partial charge in [0.1, 0.15) is 5.25 Å². The third kappa shape index (κ3) is 3.24. The van der Waals surface area contributed by atoms with Crippen LogP contribution in [0, 0.1) is 0 Å². The Hall–Kier alpha value is -2.28. The van der Waals surface area contributed by atoms with Crippen molar-refractivity contribution in [2.24, 2.45) is 0 Å². The summed E-state index contributed by atoms with van der Waals surface area (Å²) >= 11 is 0. The average molecular weight is 334 g/mol. The summed E-state index contributed by atoms with van der Waals surface area (Å²) in [6.07, 6.45) is 1.27. The van der Waals surface area contributed by atoms with Crippen molar-refractivity contribution in [2.45, 2.75) is 17.7 Å². The molecular formula is C16H15FN2O3S. The van der Waals surface area contributed by atoms with Crippen LogP contribution in [0.5, 0.6) is 0 Å². The molecule has 5 nitrogen and oxygen atoms in total. The molecule has 1 aliphatic rings. The molecule has 0 spiro atoms. The summed E-state index contributed by atoms with van der Waals surface area (Å²) in [5.74, 6) is -0.393. The largest absolute Gasteiger partial charge is 0.329 e. The first-order valence-electron chi connectivity index (χ1n) is 7.15. The maximum absolute atomic E-state index is 13.3. The van der Waals surface area contributed by atoms with Crippen LogP contribution < -0.4 is 0 Å². The third-order valence-electron chi connectivity index (χ3n) is 3.92. The van der Waals surface area contributed by atoms with E-state index >= 15 is 0 Å². The Bertz CT molecular complexity index is 757. The van der Waals surface area contributed by atoms with E-state index in [1.807, 2.05) is 30.3 Å². The van der Waals surface area contributed by atoms with Crippen LogP contribution in [0.15, 0.2) is 54.7 Å². The Kier molecular flexibility index (Phi) is 4.12. The van der Waals surface area contributed by atoms with Crippen LogP contribution in [0.2, 0.25) is 0 Å². The van der Waals surface area contributed by atoms with Gasteiger partial charge in [0.2, 0.25) is 5.91 Å². The van der Waals surface area contributed by atoms with E-state index < -0.39 is 27.4 Å². The highest BCUT2D eigenvalue weighted by Crippen LogP contribution is 2.33. The number of hydrogen-bond acceptors (Lipinski definition) is 4. The van der Waals surface area contributed by atoms with Gasteiger partial charge < -0.3 is 4.90 Å². The van der Waals surface area contributed by atoms with Gasteiger partial charge in [-0.3, -0.25) is 9.78 Å². The summed E-state index contributed by atoms with van der Waals surface area (Å²) in [4.78, 5) is 18.0. The molecule has 0 radical (unpaired) electrons. The highest BCUT2D eigenvalue weighted by atomic mass is 32.3. The second-order valence-electron chi connectivity index (χ2n) is 5.42. The molecule has 1 aromatic heterocycles. The molecule has 0 saturated carbocycles. The third-order valence-corrected chi connectivity index (χ3v) is 5.03. The van der Waals surface area contributed by atoms with Gasteiger partial charge in [-0.2, -0.15) is 8.42 Å². The molecule has 0 N–H and O–H groups in total. The second kappa shape index (κ2) is 6.08. The summed E-state index contributed by atoms with van der Waals surface area (Å²) in [5, 5.41) is -1.31. The Balaban J connectivity index is 2.02. The highest BCUT2D eigenvalue weighted by Gasteiger charge is 2.42. The smallest absolute Gasteiger partial charge is 0.307 e. The van der Waals surface area contributed by atoms with Crippen molar-refractivity contribution in [3.8, 4) is 0 Å². The molecule has 2 aromatic rings. The number of halogens is 1. The number of hydrogen-bond donors (Lipinski definition) is 0. The molecule has 2 heterocycles. The van der Waals surface area contributed by atoms with Crippen molar-refractivity contribution >= 4 is 16.1 Å². The molecule has 1 aromatic carbocycles. The second-order valence-corrected chi connectivity index (χ2v) is 7.03. The zero-order chi connectivity index (χ0) is 16.4. The molecule has 7 heteroatoms. The molecule has 23 heavy (non-hydrogen) atoms. The first kappa shape index (κ1) is 15.6. The van der Waals surface area contributed by atoms with Gasteiger partial charge in [-0.15, -0.1) is 3.89 Å². The quantitative estimate of drug-likeness (QED) is 0.803. The summed E-state index contributed by atoms with van der Waals surface area (Å²) in [5.41, 5.74) is 1.42. The number of carbonyl (C=O) groups excluding carboxylic acids is 1. The highest BCUT2D eigenvalue weighted by molar-refractivity contribution is 7.87. The SMILES string of the molecule is O=C1CC(S(=O)(=O)F)CN1C(c1ccccc1)c1ccccn1. The minimum Gasteiger partial charge on any atom is -0.329 e. The fourth-order valence-corrected chi connectivity index (χ4v) is 3.50. The predicted molar refractivity (Wildman–Crippen MR) is 82.7 cm³/mol. The molecule has 2 unspecified atom stereocenters. The van der Waals surface area contributed by atoms with Crippen molar-refractivity contribution in [3.63, 3.8) is 0 Å². The normalized spacial score (nSPS) is 19.8. The molecule has 1 saturated heterocycles. The van der Waals surface area contributed by atoms with E-state index in [9.17, 15) is 17.1 Å². The molecular weight excluding hydrogens is 319 g/mol. The van der Waals surface area contributed by atoms with Crippen molar-refractivity contribution in [1.82, 2.24) is 9.88 Å². The van der Waals surface area contributed by atoms with Crippen LogP contribution >= 0.6 is 0 Å². The minimum absolute atomic E-state index is 0.173. The monoisotopic (exact) mass is 334 g/mol. The van der Waals surface area contributed by atoms with E-state index in [0.717, 1.165) is 5.56 Å². The van der Waals surface area contributed by atoms with E-state index in [0.29, 0.717) is 5.69 Å². The number of amides is 1. The number of pyridine rings is 1. The Morgan fingerprint density at radius 2 is 1.83 bits per heavy atom. The maximum Gasteiger partial charge on any atom is 0.307 e. The first-order valence-corrected chi connectivity index (χ1v) is 8.60.